The first kappa shape index (κ1) is 13.6. The molecular weight excluding hydrogens is 206 g/mol. The van der Waals surface area contributed by atoms with Crippen molar-refractivity contribution >= 4 is 0 Å². The minimum Gasteiger partial charge on any atom is -0.351 e. The first-order valence-electron chi connectivity index (χ1n) is 6.25. The fraction of sp³-hybridized carbons (Fsp3) is 0.375. The second-order valence-corrected chi connectivity index (χ2v) is 4.64. The van der Waals surface area contributed by atoms with Gasteiger partial charge in [-0.25, -0.2) is 0 Å². The van der Waals surface area contributed by atoms with Crippen LogP contribution in [0.2, 0.25) is 0 Å². The predicted octanol–water partition coefficient (Wildman–Crippen LogP) is 4.58. The Bertz CT molecular complexity index is 347. The summed E-state index contributed by atoms with van der Waals surface area (Å²) in [6.07, 6.45) is 19.3. The molecule has 0 atom stereocenters. The lowest BCUT2D eigenvalue weighted by Crippen LogP contribution is -2.08. The molecule has 0 amide bonds. The molecule has 1 aliphatic heterocycles. The summed E-state index contributed by atoms with van der Waals surface area (Å²) in [5.74, 6) is 0. The van der Waals surface area contributed by atoms with Crippen molar-refractivity contribution in [3.8, 4) is 0 Å². The van der Waals surface area contributed by atoms with E-state index < -0.39 is 0 Å². The van der Waals surface area contributed by atoms with Gasteiger partial charge in [-0.2, -0.15) is 0 Å². The van der Waals surface area contributed by atoms with Gasteiger partial charge in [0.25, 0.3) is 0 Å². The maximum absolute atomic E-state index is 2.30. The lowest BCUT2D eigenvalue weighted by Gasteiger charge is -2.12. The van der Waals surface area contributed by atoms with Crippen molar-refractivity contribution in [3.05, 3.63) is 60.0 Å². The Balaban J connectivity index is 2.34. The summed E-state index contributed by atoms with van der Waals surface area (Å²) < 4.78 is 0. The van der Waals surface area contributed by atoms with Crippen molar-refractivity contribution in [1.82, 2.24) is 4.90 Å². The summed E-state index contributed by atoms with van der Waals surface area (Å²) in [6.45, 7) is 7.47. The minimum atomic E-state index is 0.954. The average Bonchev–Trinajstić information content (AvgIpc) is 2.54. The molecule has 1 nitrogen and oxygen atoms in total. The van der Waals surface area contributed by atoms with E-state index in [1.165, 1.54) is 11.1 Å². The maximum atomic E-state index is 2.30. The highest BCUT2D eigenvalue weighted by Gasteiger charge is 1.94. The van der Waals surface area contributed by atoms with E-state index in [0.29, 0.717) is 0 Å². The molecule has 0 unspecified atom stereocenters. The fourth-order valence-corrected chi connectivity index (χ4v) is 1.57. The summed E-state index contributed by atoms with van der Waals surface area (Å²) >= 11 is 0. The van der Waals surface area contributed by atoms with Gasteiger partial charge in [0.05, 0.1) is 0 Å². The first-order chi connectivity index (χ1) is 8.18. The van der Waals surface area contributed by atoms with Gasteiger partial charge in [0.2, 0.25) is 0 Å². The molecule has 0 spiro atoms. The highest BCUT2D eigenvalue weighted by atomic mass is 15.1. The standard InChI is InChI=1S/C16H23N/c1-15(2)9-8-10-16(3)11-14-17-12-6-4-5-7-13-17/h4-7,9,11-13H,8,10,14H2,1-3H3/b16-11+. The number of nitrogens with zero attached hydrogens (tertiary/aromatic N) is 1. The second-order valence-electron chi connectivity index (χ2n) is 4.64. The zero-order valence-corrected chi connectivity index (χ0v) is 11.2. The zero-order chi connectivity index (χ0) is 12.5. The van der Waals surface area contributed by atoms with E-state index in [4.69, 9.17) is 0 Å². The van der Waals surface area contributed by atoms with Gasteiger partial charge in [0.1, 0.15) is 0 Å². The van der Waals surface area contributed by atoms with E-state index in [9.17, 15) is 0 Å². The van der Waals surface area contributed by atoms with Crippen molar-refractivity contribution in [3.63, 3.8) is 0 Å². The molecule has 0 aromatic rings. The molecule has 0 aromatic carbocycles. The third kappa shape index (κ3) is 6.62. The van der Waals surface area contributed by atoms with E-state index in [0.717, 1.165) is 19.4 Å². The van der Waals surface area contributed by atoms with Crippen molar-refractivity contribution in [2.45, 2.75) is 33.6 Å². The Morgan fingerprint density at radius 2 is 1.59 bits per heavy atom. The number of hydrogen-bond donors (Lipinski definition) is 0. The van der Waals surface area contributed by atoms with Crippen LogP contribution in [-0.4, -0.2) is 11.4 Å². The van der Waals surface area contributed by atoms with Crippen LogP contribution in [0.3, 0.4) is 0 Å². The molecule has 1 aliphatic rings. The zero-order valence-electron chi connectivity index (χ0n) is 11.2. The van der Waals surface area contributed by atoms with Crippen LogP contribution in [0, 0.1) is 0 Å². The van der Waals surface area contributed by atoms with Gasteiger partial charge >= 0.3 is 0 Å². The van der Waals surface area contributed by atoms with Crippen LogP contribution < -0.4 is 0 Å². The molecule has 1 rings (SSSR count). The Hall–Kier alpha value is -1.50. The fourth-order valence-electron chi connectivity index (χ4n) is 1.57. The van der Waals surface area contributed by atoms with Crippen LogP contribution in [0.1, 0.15) is 33.6 Å². The van der Waals surface area contributed by atoms with Gasteiger partial charge in [0.15, 0.2) is 0 Å². The highest BCUT2D eigenvalue weighted by Crippen LogP contribution is 2.07. The van der Waals surface area contributed by atoms with Crippen LogP contribution >= 0.6 is 0 Å². The number of allylic oxidation sites excluding steroid dienone is 7. The number of hydrogen-bond acceptors (Lipinski definition) is 1. The molecular formula is C16H23N. The monoisotopic (exact) mass is 229 g/mol. The molecule has 0 saturated carbocycles. The number of rotatable bonds is 5. The van der Waals surface area contributed by atoms with Crippen molar-refractivity contribution in [1.29, 1.82) is 0 Å². The Labute approximate surface area is 106 Å². The Morgan fingerprint density at radius 3 is 2.18 bits per heavy atom. The van der Waals surface area contributed by atoms with Gasteiger partial charge in [-0.3, -0.25) is 0 Å². The smallest absolute Gasteiger partial charge is 0.0402 e. The molecule has 0 bridgehead atoms. The molecule has 0 aliphatic carbocycles. The summed E-state index contributed by atoms with van der Waals surface area (Å²) in [4.78, 5) is 2.18. The Morgan fingerprint density at radius 1 is 0.941 bits per heavy atom. The SMILES string of the molecule is CC(C)=CCC/C(C)=C/CN1C=CC=CC=C1. The first-order valence-corrected chi connectivity index (χ1v) is 6.25. The lowest BCUT2D eigenvalue weighted by molar-refractivity contribution is 0.564. The molecule has 1 heterocycles. The largest absolute Gasteiger partial charge is 0.351 e. The normalized spacial score (nSPS) is 15.0. The lowest BCUT2D eigenvalue weighted by atomic mass is 10.1. The summed E-state index contributed by atoms with van der Waals surface area (Å²) in [5.41, 5.74) is 2.86. The summed E-state index contributed by atoms with van der Waals surface area (Å²) in [6, 6.07) is 0. The molecule has 0 N–H and O–H groups in total. The van der Waals surface area contributed by atoms with Crippen molar-refractivity contribution < 1.29 is 0 Å². The van der Waals surface area contributed by atoms with Gasteiger partial charge < -0.3 is 4.90 Å². The summed E-state index contributed by atoms with van der Waals surface area (Å²) in [5, 5.41) is 0. The quantitative estimate of drug-likeness (QED) is 0.624. The van der Waals surface area contributed by atoms with Gasteiger partial charge in [-0.1, -0.05) is 35.5 Å². The van der Waals surface area contributed by atoms with Crippen LogP contribution in [0.4, 0.5) is 0 Å². The van der Waals surface area contributed by atoms with Gasteiger partial charge in [-0.05, 0) is 45.8 Å². The topological polar surface area (TPSA) is 3.24 Å². The maximum Gasteiger partial charge on any atom is 0.0402 e. The van der Waals surface area contributed by atoms with E-state index >= 15 is 0 Å². The van der Waals surface area contributed by atoms with Crippen LogP contribution in [0.25, 0.3) is 0 Å². The molecule has 0 aromatic heterocycles. The average molecular weight is 229 g/mol. The predicted molar refractivity (Wildman–Crippen MR) is 76.5 cm³/mol. The third-order valence-electron chi connectivity index (χ3n) is 2.63. The van der Waals surface area contributed by atoms with E-state index in [-0.39, 0.29) is 0 Å². The van der Waals surface area contributed by atoms with E-state index in [1.54, 1.807) is 0 Å². The van der Waals surface area contributed by atoms with Crippen molar-refractivity contribution in [2.75, 3.05) is 6.54 Å². The van der Waals surface area contributed by atoms with Crippen LogP contribution in [0.5, 0.6) is 0 Å². The van der Waals surface area contributed by atoms with Gasteiger partial charge in [-0.15, -0.1) is 0 Å². The molecule has 0 fully saturated rings. The third-order valence-corrected chi connectivity index (χ3v) is 2.63. The highest BCUT2D eigenvalue weighted by molar-refractivity contribution is 5.16. The van der Waals surface area contributed by atoms with Crippen molar-refractivity contribution in [2.24, 2.45) is 0 Å². The molecule has 0 radical (unpaired) electrons. The molecule has 1 heteroatoms. The Kier molecular flexibility index (Phi) is 6.16. The summed E-state index contributed by atoms with van der Waals surface area (Å²) in [7, 11) is 0. The second kappa shape index (κ2) is 7.72. The van der Waals surface area contributed by atoms with Crippen LogP contribution in [0.15, 0.2) is 60.0 Å². The van der Waals surface area contributed by atoms with E-state index in [1.807, 2.05) is 12.2 Å². The molecule has 17 heavy (non-hydrogen) atoms. The van der Waals surface area contributed by atoms with Crippen LogP contribution in [-0.2, 0) is 0 Å². The van der Waals surface area contributed by atoms with Gasteiger partial charge in [0, 0.05) is 18.9 Å². The van der Waals surface area contributed by atoms with E-state index in [2.05, 4.69) is 62.4 Å². The molecule has 92 valence electrons. The molecule has 0 saturated heterocycles. The minimum absolute atomic E-state index is 0.954.